The van der Waals surface area contributed by atoms with Crippen molar-refractivity contribution in [3.8, 4) is 11.4 Å². The van der Waals surface area contributed by atoms with Gasteiger partial charge in [-0.1, -0.05) is 0 Å². The van der Waals surface area contributed by atoms with Crippen molar-refractivity contribution in [1.29, 1.82) is 0 Å². The lowest BCUT2D eigenvalue weighted by molar-refractivity contribution is -0.138. The van der Waals surface area contributed by atoms with Crippen LogP contribution in [0.4, 0.5) is 4.39 Å². The van der Waals surface area contributed by atoms with Crippen LogP contribution in [0.15, 0.2) is 36.9 Å². The highest BCUT2D eigenvalue weighted by Crippen LogP contribution is 2.26. The number of carbonyl (C=O) groups excluding carboxylic acids is 1. The number of hydrogen-bond donors (Lipinski definition) is 3. The summed E-state index contributed by atoms with van der Waals surface area (Å²) in [6, 6.07) is 3.10. The number of nitrogens with zero attached hydrogens (tertiary/aromatic N) is 4. The second-order valence-electron chi connectivity index (χ2n) is 5.84. The van der Waals surface area contributed by atoms with E-state index in [2.05, 4.69) is 25.3 Å². The molecule has 9 nitrogen and oxygen atoms in total. The highest BCUT2D eigenvalue weighted by Gasteiger charge is 2.14. The second-order valence-corrected chi connectivity index (χ2v) is 5.84. The summed E-state index contributed by atoms with van der Waals surface area (Å²) in [6.07, 6.45) is 6.04. The Hall–Kier alpha value is -3.82. The van der Waals surface area contributed by atoms with Crippen molar-refractivity contribution < 1.29 is 19.1 Å². The second kappa shape index (κ2) is 6.48. The number of rotatable bonds is 5. The van der Waals surface area contributed by atoms with Crippen LogP contribution in [0.5, 0.6) is 0 Å². The molecule has 0 unspecified atom stereocenters. The van der Waals surface area contributed by atoms with Crippen LogP contribution in [-0.4, -0.2) is 48.0 Å². The molecule has 0 aliphatic carbocycles. The molecule has 0 aromatic carbocycles. The summed E-state index contributed by atoms with van der Waals surface area (Å²) in [4.78, 5) is 38.2. The maximum Gasteiger partial charge on any atom is 0.322 e. The first-order valence-electron chi connectivity index (χ1n) is 7.94. The molecule has 1 amide bonds. The molecule has 0 saturated carbocycles. The third-order valence-electron chi connectivity index (χ3n) is 3.99. The molecule has 3 N–H and O–H groups in total. The number of fused-ring (bicyclic) bond motifs is 2. The maximum atomic E-state index is 13.5. The van der Waals surface area contributed by atoms with E-state index < -0.39 is 24.2 Å². The summed E-state index contributed by atoms with van der Waals surface area (Å²) in [5.41, 5.74) is 1.60. The Labute approximate surface area is 150 Å². The number of H-pyrrole nitrogens is 1. The van der Waals surface area contributed by atoms with Crippen molar-refractivity contribution in [2.24, 2.45) is 0 Å². The lowest BCUT2D eigenvalue weighted by atomic mass is 10.2. The fourth-order valence-electron chi connectivity index (χ4n) is 2.78. The summed E-state index contributed by atoms with van der Waals surface area (Å²) >= 11 is 0. The number of nitrogens with one attached hydrogen (secondary N) is 2. The van der Waals surface area contributed by atoms with Gasteiger partial charge in [-0.3, -0.25) is 9.59 Å². The number of carboxylic acid groups (broad SMARTS) is 1. The van der Waals surface area contributed by atoms with E-state index in [0.717, 1.165) is 6.20 Å². The first-order chi connectivity index (χ1) is 13.0. The third-order valence-corrected chi connectivity index (χ3v) is 3.99. The molecule has 0 radical (unpaired) electrons. The van der Waals surface area contributed by atoms with Crippen LogP contribution in [0, 0.1) is 5.82 Å². The van der Waals surface area contributed by atoms with E-state index in [-0.39, 0.29) is 6.54 Å². The van der Waals surface area contributed by atoms with Crippen molar-refractivity contribution in [3.63, 3.8) is 0 Å². The Morgan fingerprint density at radius 2 is 2.15 bits per heavy atom. The first kappa shape index (κ1) is 16.6. The fraction of sp³-hybridized carbons (Fsp3) is 0.118. The smallest absolute Gasteiger partial charge is 0.322 e. The predicted octanol–water partition coefficient (Wildman–Crippen LogP) is 1.31. The predicted molar refractivity (Wildman–Crippen MR) is 93.2 cm³/mol. The molecule has 4 aromatic heterocycles. The number of aromatic amines is 1. The molecule has 136 valence electrons. The molecule has 0 saturated heterocycles. The zero-order valence-corrected chi connectivity index (χ0v) is 13.8. The van der Waals surface area contributed by atoms with Crippen molar-refractivity contribution in [1.82, 2.24) is 29.8 Å². The van der Waals surface area contributed by atoms with Gasteiger partial charge in [-0.25, -0.2) is 19.3 Å². The summed E-state index contributed by atoms with van der Waals surface area (Å²) in [5.74, 6) is -1.69. The highest BCUT2D eigenvalue weighted by molar-refractivity contribution is 5.92. The van der Waals surface area contributed by atoms with Crippen LogP contribution in [-0.2, 0) is 16.1 Å². The molecule has 4 aromatic rings. The van der Waals surface area contributed by atoms with E-state index in [0.29, 0.717) is 33.5 Å². The van der Waals surface area contributed by atoms with Gasteiger partial charge in [0.2, 0.25) is 5.91 Å². The molecule has 4 heterocycles. The monoisotopic (exact) mass is 368 g/mol. The minimum Gasteiger partial charge on any atom is -0.480 e. The number of pyridine rings is 1. The van der Waals surface area contributed by atoms with E-state index in [4.69, 9.17) is 5.11 Å². The lowest BCUT2D eigenvalue weighted by Crippen LogP contribution is -2.32. The van der Waals surface area contributed by atoms with Gasteiger partial charge in [-0.15, -0.1) is 0 Å². The quantitative estimate of drug-likeness (QED) is 0.488. The summed E-state index contributed by atoms with van der Waals surface area (Å²) in [6.45, 7) is -0.538. The summed E-state index contributed by atoms with van der Waals surface area (Å²) in [5, 5.41) is 12.2. The third kappa shape index (κ3) is 3.19. The minimum absolute atomic E-state index is 0.0860. The van der Waals surface area contributed by atoms with Gasteiger partial charge in [-0.2, -0.15) is 0 Å². The molecule has 10 heteroatoms. The van der Waals surface area contributed by atoms with Crippen LogP contribution in [0.25, 0.3) is 33.5 Å². The van der Waals surface area contributed by atoms with Gasteiger partial charge >= 0.3 is 5.97 Å². The normalized spacial score (nSPS) is 11.1. The molecule has 0 aliphatic heterocycles. The van der Waals surface area contributed by atoms with Gasteiger partial charge in [0, 0.05) is 34.9 Å². The number of amides is 1. The molecule has 0 aliphatic rings. The Morgan fingerprint density at radius 1 is 1.30 bits per heavy atom. The molecule has 4 rings (SSSR count). The molecule has 0 atom stereocenters. The van der Waals surface area contributed by atoms with Crippen LogP contribution in [0.3, 0.4) is 0 Å². The molecular formula is C17H13FN6O3. The number of aliphatic carboxylic acids is 1. The van der Waals surface area contributed by atoms with Gasteiger partial charge in [-0.05, 0) is 12.1 Å². The van der Waals surface area contributed by atoms with E-state index in [1.54, 1.807) is 29.2 Å². The van der Waals surface area contributed by atoms with Crippen LogP contribution in [0.1, 0.15) is 0 Å². The van der Waals surface area contributed by atoms with Gasteiger partial charge in [0.25, 0.3) is 0 Å². The highest BCUT2D eigenvalue weighted by atomic mass is 19.1. The maximum absolute atomic E-state index is 13.5. The van der Waals surface area contributed by atoms with E-state index in [9.17, 15) is 14.0 Å². The van der Waals surface area contributed by atoms with Crippen LogP contribution < -0.4 is 5.32 Å². The van der Waals surface area contributed by atoms with Gasteiger partial charge in [0.15, 0.2) is 5.82 Å². The van der Waals surface area contributed by atoms with Crippen molar-refractivity contribution in [2.45, 2.75) is 6.54 Å². The van der Waals surface area contributed by atoms with Crippen molar-refractivity contribution in [2.75, 3.05) is 6.54 Å². The number of halogens is 1. The van der Waals surface area contributed by atoms with Gasteiger partial charge in [0.05, 0.1) is 6.20 Å². The molecule has 27 heavy (non-hydrogen) atoms. The Kier molecular flexibility index (Phi) is 3.99. The average Bonchev–Trinajstić information content (AvgIpc) is 3.23. The topological polar surface area (TPSA) is 126 Å². The largest absolute Gasteiger partial charge is 0.480 e. The molecule has 0 spiro atoms. The van der Waals surface area contributed by atoms with Gasteiger partial charge in [0.1, 0.15) is 30.2 Å². The zero-order valence-electron chi connectivity index (χ0n) is 13.8. The lowest BCUT2D eigenvalue weighted by Gasteiger charge is -2.06. The SMILES string of the molecule is O=C(O)CNC(=O)Cn1ccc2cnc(-c3c[nH]c4ncc(F)cc34)nc21. The van der Waals surface area contributed by atoms with Crippen molar-refractivity contribution >= 4 is 33.9 Å². The fourth-order valence-corrected chi connectivity index (χ4v) is 2.78. The van der Waals surface area contributed by atoms with E-state index in [1.165, 1.54) is 6.07 Å². The van der Waals surface area contributed by atoms with Crippen LogP contribution >= 0.6 is 0 Å². The standard InChI is InChI=1S/C17H13FN6O3/c18-10-3-11-12(6-22-15(11)21-5-10)16-20-4-9-1-2-24(17(9)23-16)8-13(25)19-7-14(26)27/h1-6H,7-8H2,(H,19,25)(H,21,22)(H,26,27). The average molecular weight is 368 g/mol. The molecular weight excluding hydrogens is 355 g/mol. The first-order valence-corrected chi connectivity index (χ1v) is 7.94. The van der Waals surface area contributed by atoms with Crippen LogP contribution in [0.2, 0.25) is 0 Å². The number of carbonyl (C=O) groups is 2. The number of aromatic nitrogens is 5. The Bertz CT molecular complexity index is 1180. The minimum atomic E-state index is -1.12. The molecule has 0 fully saturated rings. The Morgan fingerprint density at radius 3 is 2.96 bits per heavy atom. The summed E-state index contributed by atoms with van der Waals surface area (Å²) in [7, 11) is 0. The number of hydrogen-bond acceptors (Lipinski definition) is 5. The molecule has 0 bridgehead atoms. The van der Waals surface area contributed by atoms with E-state index in [1.807, 2.05) is 0 Å². The van der Waals surface area contributed by atoms with Crippen molar-refractivity contribution in [3.05, 3.63) is 42.7 Å². The van der Waals surface area contributed by atoms with Gasteiger partial charge < -0.3 is 20.0 Å². The van der Waals surface area contributed by atoms with E-state index >= 15 is 0 Å². The Balaban J connectivity index is 1.70. The summed E-state index contributed by atoms with van der Waals surface area (Å²) < 4.78 is 15.1. The zero-order chi connectivity index (χ0) is 19.0. The number of carboxylic acids is 1.